The number of carbonyl (C=O) groups excluding carboxylic acids is 1. The molecule has 4 rings (SSSR count). The number of hydrogen-bond acceptors (Lipinski definition) is 4. The third-order valence-corrected chi connectivity index (χ3v) is 7.63. The number of halogens is 5. The van der Waals surface area contributed by atoms with E-state index in [1.807, 2.05) is 12.3 Å². The molecule has 0 aliphatic carbocycles. The Morgan fingerprint density at radius 1 is 1.19 bits per heavy atom. The van der Waals surface area contributed by atoms with Gasteiger partial charge in [-0.15, -0.1) is 13.2 Å². The van der Waals surface area contributed by atoms with E-state index >= 15 is 0 Å². The molecule has 3 aromatic rings. The molecule has 0 atom stereocenters. The van der Waals surface area contributed by atoms with Crippen molar-refractivity contribution in [2.75, 3.05) is 20.2 Å². The predicted molar refractivity (Wildman–Crippen MR) is 139 cm³/mol. The number of piperidine rings is 1. The second-order valence-corrected chi connectivity index (χ2v) is 10.0. The largest absolute Gasteiger partial charge is 0.573 e. The van der Waals surface area contributed by atoms with Crippen LogP contribution in [-0.4, -0.2) is 42.0 Å². The van der Waals surface area contributed by atoms with Crippen molar-refractivity contribution in [3.8, 4) is 5.75 Å². The summed E-state index contributed by atoms with van der Waals surface area (Å²) in [6.45, 7) is 7.30. The zero-order valence-corrected chi connectivity index (χ0v) is 22.2. The number of ether oxygens (including phenoxy) is 2. The van der Waals surface area contributed by atoms with E-state index in [0.29, 0.717) is 59.0 Å². The quantitative estimate of drug-likeness (QED) is 0.304. The van der Waals surface area contributed by atoms with E-state index in [1.54, 1.807) is 24.6 Å². The minimum atomic E-state index is -4.77. The molecule has 0 bridgehead atoms. The van der Waals surface area contributed by atoms with Crippen molar-refractivity contribution < 1.29 is 27.4 Å². The molecule has 5 nitrogen and oxygen atoms in total. The van der Waals surface area contributed by atoms with Crippen LogP contribution in [0.4, 0.5) is 13.2 Å². The van der Waals surface area contributed by atoms with Crippen LogP contribution in [0.2, 0.25) is 10.0 Å². The summed E-state index contributed by atoms with van der Waals surface area (Å²) in [4.78, 5) is 14.0. The summed E-state index contributed by atoms with van der Waals surface area (Å²) in [6, 6.07) is 6.35. The maximum absolute atomic E-state index is 12.8. The van der Waals surface area contributed by atoms with Crippen molar-refractivity contribution in [1.29, 1.82) is 0 Å². The van der Waals surface area contributed by atoms with Crippen LogP contribution in [0.5, 0.6) is 5.75 Å². The Bertz CT molecular complexity index is 1360. The number of benzene rings is 2. The number of alkyl halides is 3. The molecule has 2 aromatic carbocycles. The molecule has 1 aliphatic rings. The van der Waals surface area contributed by atoms with Gasteiger partial charge in [0.15, 0.2) is 0 Å². The van der Waals surface area contributed by atoms with Crippen molar-refractivity contribution in [3.63, 3.8) is 0 Å². The minimum Gasteiger partial charge on any atom is -0.469 e. The Morgan fingerprint density at radius 3 is 2.49 bits per heavy atom. The molecule has 37 heavy (non-hydrogen) atoms. The Balaban J connectivity index is 1.63. The molecular weight excluding hydrogens is 528 g/mol. The van der Waals surface area contributed by atoms with E-state index in [9.17, 15) is 18.0 Å². The summed E-state index contributed by atoms with van der Waals surface area (Å²) in [5.41, 5.74) is 4.32. The van der Waals surface area contributed by atoms with Crippen LogP contribution >= 0.6 is 23.2 Å². The smallest absolute Gasteiger partial charge is 0.469 e. The topological polar surface area (TPSA) is 43.7 Å². The molecule has 10 heteroatoms. The van der Waals surface area contributed by atoms with Gasteiger partial charge in [0.1, 0.15) is 5.75 Å². The van der Waals surface area contributed by atoms with Gasteiger partial charge in [0.2, 0.25) is 0 Å². The van der Waals surface area contributed by atoms with Gasteiger partial charge in [0.05, 0.1) is 23.6 Å². The average molecular weight is 555 g/mol. The Labute approximate surface area is 223 Å². The third kappa shape index (κ3) is 5.70. The van der Waals surface area contributed by atoms with Crippen LogP contribution < -0.4 is 4.74 Å². The van der Waals surface area contributed by atoms with Crippen LogP contribution in [0.25, 0.3) is 16.6 Å². The zero-order valence-electron chi connectivity index (χ0n) is 20.7. The lowest BCUT2D eigenvalue weighted by Crippen LogP contribution is -2.35. The first-order valence-corrected chi connectivity index (χ1v) is 12.5. The lowest BCUT2D eigenvalue weighted by atomic mass is 9.95. The predicted octanol–water partition coefficient (Wildman–Crippen LogP) is 7.14. The summed E-state index contributed by atoms with van der Waals surface area (Å²) in [5, 5.41) is 1.77. The fraction of sp³-hybridized carbons (Fsp3) is 0.370. The third-order valence-electron chi connectivity index (χ3n) is 6.85. The normalized spacial score (nSPS) is 14.8. The van der Waals surface area contributed by atoms with E-state index < -0.39 is 6.36 Å². The molecular formula is C27H27Cl2F3N2O3. The number of methoxy groups -OCH3 is 1. The fourth-order valence-corrected chi connectivity index (χ4v) is 5.64. The van der Waals surface area contributed by atoms with Gasteiger partial charge in [-0.3, -0.25) is 4.79 Å². The van der Waals surface area contributed by atoms with Gasteiger partial charge in [0.25, 0.3) is 0 Å². The Hall–Kier alpha value is -2.84. The molecule has 1 fully saturated rings. The van der Waals surface area contributed by atoms with Crippen molar-refractivity contribution in [3.05, 3.63) is 69.3 Å². The maximum Gasteiger partial charge on any atom is 0.573 e. The molecule has 2 heterocycles. The van der Waals surface area contributed by atoms with E-state index in [2.05, 4.69) is 16.2 Å². The van der Waals surface area contributed by atoms with Crippen molar-refractivity contribution in [1.82, 2.24) is 9.47 Å². The lowest BCUT2D eigenvalue weighted by Gasteiger charge is -2.34. The Kier molecular flexibility index (Phi) is 7.72. The first kappa shape index (κ1) is 27.2. The monoisotopic (exact) mass is 554 g/mol. The fourth-order valence-electron chi connectivity index (χ4n) is 5.02. The summed E-state index contributed by atoms with van der Waals surface area (Å²) < 4.78 is 49.1. The highest BCUT2D eigenvalue weighted by atomic mass is 35.5. The van der Waals surface area contributed by atoms with Crippen molar-refractivity contribution in [2.45, 2.75) is 32.5 Å². The number of aromatic nitrogens is 1. The molecule has 198 valence electrons. The van der Waals surface area contributed by atoms with Gasteiger partial charge in [0, 0.05) is 60.5 Å². The van der Waals surface area contributed by atoms with E-state index in [-0.39, 0.29) is 17.6 Å². The number of nitrogens with zero attached hydrogens (tertiary/aromatic N) is 2. The average Bonchev–Trinajstić information content (AvgIpc) is 3.15. The number of likely N-dealkylation sites (tertiary alicyclic amines) is 1. The van der Waals surface area contributed by atoms with E-state index in [0.717, 1.165) is 22.2 Å². The van der Waals surface area contributed by atoms with Crippen LogP contribution in [0, 0.1) is 12.8 Å². The first-order valence-electron chi connectivity index (χ1n) is 11.7. The standard InChI is InChI=1S/C27H27Cl2F3N2O3/c1-15-11-19(37-27(30,31)32)13-23-24(15)18(14-33(23)3)12-21-22(28)6-5-20(25(21)29)16(2)34-9-7-17(8-10-34)26(35)36-4/h5-6,11,13-14,17H,2,7-10,12H2,1,3-4H3. The number of fused-ring (bicyclic) bond motifs is 1. The van der Waals surface area contributed by atoms with Gasteiger partial charge in [-0.05, 0) is 54.7 Å². The van der Waals surface area contributed by atoms with Gasteiger partial charge in [-0.25, -0.2) is 0 Å². The van der Waals surface area contributed by atoms with E-state index in [4.69, 9.17) is 27.9 Å². The number of aryl methyl sites for hydroxylation is 2. The van der Waals surface area contributed by atoms with Crippen LogP contribution in [-0.2, 0) is 23.0 Å². The van der Waals surface area contributed by atoms with Crippen LogP contribution in [0.15, 0.2) is 37.0 Å². The summed E-state index contributed by atoms with van der Waals surface area (Å²) >= 11 is 13.5. The zero-order chi connectivity index (χ0) is 27.1. The number of carbonyl (C=O) groups is 1. The van der Waals surface area contributed by atoms with Crippen molar-refractivity contribution in [2.24, 2.45) is 13.0 Å². The van der Waals surface area contributed by atoms with Gasteiger partial charge in [-0.1, -0.05) is 29.8 Å². The molecule has 1 aliphatic heterocycles. The van der Waals surface area contributed by atoms with Gasteiger partial charge < -0.3 is 18.9 Å². The summed E-state index contributed by atoms with van der Waals surface area (Å²) in [5.74, 6) is -0.586. The maximum atomic E-state index is 12.8. The molecule has 0 N–H and O–H groups in total. The molecule has 1 aromatic heterocycles. The minimum absolute atomic E-state index is 0.123. The highest BCUT2D eigenvalue weighted by Gasteiger charge is 2.32. The first-order chi connectivity index (χ1) is 17.4. The number of rotatable bonds is 6. The van der Waals surface area contributed by atoms with Gasteiger partial charge in [-0.2, -0.15) is 0 Å². The number of hydrogen-bond donors (Lipinski definition) is 0. The molecule has 0 unspecified atom stereocenters. The second kappa shape index (κ2) is 10.5. The Morgan fingerprint density at radius 2 is 1.86 bits per heavy atom. The summed E-state index contributed by atoms with van der Waals surface area (Å²) in [6.07, 6.45) is -1.20. The molecule has 0 spiro atoms. The molecule has 0 saturated carbocycles. The molecule has 0 amide bonds. The van der Waals surface area contributed by atoms with Crippen LogP contribution in [0.3, 0.4) is 0 Å². The highest BCUT2D eigenvalue weighted by Crippen LogP contribution is 2.38. The number of esters is 1. The summed E-state index contributed by atoms with van der Waals surface area (Å²) in [7, 11) is 3.16. The van der Waals surface area contributed by atoms with E-state index in [1.165, 1.54) is 19.2 Å². The molecule has 0 radical (unpaired) electrons. The highest BCUT2D eigenvalue weighted by molar-refractivity contribution is 6.37. The van der Waals surface area contributed by atoms with Crippen molar-refractivity contribution >= 4 is 45.8 Å². The molecule has 1 saturated heterocycles. The van der Waals surface area contributed by atoms with Crippen LogP contribution in [0.1, 0.15) is 35.1 Å². The van der Waals surface area contributed by atoms with Gasteiger partial charge >= 0.3 is 12.3 Å². The second-order valence-electron chi connectivity index (χ2n) is 9.24. The SMILES string of the molecule is C=C(c1ccc(Cl)c(Cc2cn(C)c3cc(OC(F)(F)F)cc(C)c23)c1Cl)N1CCC(C(=O)OC)CC1. The lowest BCUT2D eigenvalue weighted by molar-refractivity contribution is -0.274.